The van der Waals surface area contributed by atoms with Crippen molar-refractivity contribution in [3.63, 3.8) is 0 Å². The molecule has 1 fully saturated rings. The summed E-state index contributed by atoms with van der Waals surface area (Å²) in [7, 11) is 1.67. The van der Waals surface area contributed by atoms with Gasteiger partial charge in [0.25, 0.3) is 0 Å². The number of anilines is 1. The summed E-state index contributed by atoms with van der Waals surface area (Å²) in [5.41, 5.74) is 0. The minimum Gasteiger partial charge on any atom is -0.493 e. The van der Waals surface area contributed by atoms with Gasteiger partial charge in [0.15, 0.2) is 11.6 Å². The molecule has 1 aromatic heterocycles. The first kappa shape index (κ1) is 10.2. The van der Waals surface area contributed by atoms with Gasteiger partial charge in [0.2, 0.25) is 0 Å². The summed E-state index contributed by atoms with van der Waals surface area (Å²) in [4.78, 5) is 4.25. The van der Waals surface area contributed by atoms with E-state index in [1.165, 1.54) is 6.42 Å². The van der Waals surface area contributed by atoms with Crippen molar-refractivity contribution in [2.45, 2.75) is 6.42 Å². The second-order valence-electron chi connectivity index (χ2n) is 3.79. The molecule has 0 aromatic carbocycles. The number of hydrogen-bond acceptors (Lipinski definition) is 4. The Morgan fingerprint density at radius 3 is 3.33 bits per heavy atom. The molecule has 1 aromatic rings. The van der Waals surface area contributed by atoms with Crippen LogP contribution >= 0.6 is 0 Å². The lowest BCUT2D eigenvalue weighted by molar-refractivity contribution is 0.414. The highest BCUT2D eigenvalue weighted by atomic mass is 16.5. The van der Waals surface area contributed by atoms with E-state index in [0.29, 0.717) is 5.92 Å². The Morgan fingerprint density at radius 2 is 2.60 bits per heavy atom. The van der Waals surface area contributed by atoms with Crippen molar-refractivity contribution in [1.29, 1.82) is 0 Å². The molecule has 1 aliphatic rings. The zero-order valence-corrected chi connectivity index (χ0v) is 8.99. The molecule has 2 heterocycles. The smallest absolute Gasteiger partial charge is 0.168 e. The van der Waals surface area contributed by atoms with E-state index in [1.807, 2.05) is 12.1 Å². The van der Waals surface area contributed by atoms with Crippen molar-refractivity contribution >= 4 is 5.82 Å². The fourth-order valence-corrected chi connectivity index (χ4v) is 1.82. The second-order valence-corrected chi connectivity index (χ2v) is 3.79. The highest BCUT2D eigenvalue weighted by Crippen LogP contribution is 2.20. The molecule has 82 valence electrons. The van der Waals surface area contributed by atoms with E-state index in [2.05, 4.69) is 15.6 Å². The van der Waals surface area contributed by atoms with Crippen molar-refractivity contribution in [3.05, 3.63) is 18.3 Å². The molecule has 0 amide bonds. The Balaban J connectivity index is 1.91. The number of pyridine rings is 1. The van der Waals surface area contributed by atoms with Gasteiger partial charge in [-0.25, -0.2) is 4.98 Å². The summed E-state index contributed by atoms with van der Waals surface area (Å²) in [5.74, 6) is 2.35. The molecule has 0 saturated carbocycles. The molecule has 4 heteroatoms. The quantitative estimate of drug-likeness (QED) is 0.776. The maximum atomic E-state index is 5.22. The van der Waals surface area contributed by atoms with E-state index in [9.17, 15) is 0 Å². The SMILES string of the molecule is COc1cccnc1NCC1CCNC1. The third kappa shape index (κ3) is 2.59. The first-order chi connectivity index (χ1) is 7.40. The summed E-state index contributed by atoms with van der Waals surface area (Å²) >= 11 is 0. The molecule has 0 spiro atoms. The van der Waals surface area contributed by atoms with Crippen LogP contribution in [0.15, 0.2) is 18.3 Å². The number of ether oxygens (including phenoxy) is 1. The van der Waals surface area contributed by atoms with Crippen LogP contribution in [0, 0.1) is 5.92 Å². The van der Waals surface area contributed by atoms with Crippen LogP contribution in [0.25, 0.3) is 0 Å². The van der Waals surface area contributed by atoms with Gasteiger partial charge in [0.1, 0.15) is 0 Å². The molecule has 0 radical (unpaired) electrons. The number of nitrogens with zero attached hydrogens (tertiary/aromatic N) is 1. The van der Waals surface area contributed by atoms with Crippen LogP contribution in [0.1, 0.15) is 6.42 Å². The summed E-state index contributed by atoms with van der Waals surface area (Å²) in [6.45, 7) is 3.19. The van der Waals surface area contributed by atoms with Gasteiger partial charge in [-0.2, -0.15) is 0 Å². The van der Waals surface area contributed by atoms with Crippen molar-refractivity contribution in [1.82, 2.24) is 10.3 Å². The fraction of sp³-hybridized carbons (Fsp3) is 0.545. The average molecular weight is 207 g/mol. The van der Waals surface area contributed by atoms with Crippen LogP contribution in [0.3, 0.4) is 0 Å². The van der Waals surface area contributed by atoms with Gasteiger partial charge >= 0.3 is 0 Å². The first-order valence-corrected chi connectivity index (χ1v) is 5.33. The summed E-state index contributed by atoms with van der Waals surface area (Å²) < 4.78 is 5.22. The standard InChI is InChI=1S/C11H17N3O/c1-15-10-3-2-5-13-11(10)14-8-9-4-6-12-7-9/h2-3,5,9,12H,4,6-8H2,1H3,(H,13,14). The number of rotatable bonds is 4. The average Bonchev–Trinajstić information content (AvgIpc) is 2.79. The molecule has 4 nitrogen and oxygen atoms in total. The number of methoxy groups -OCH3 is 1. The Morgan fingerprint density at radius 1 is 1.67 bits per heavy atom. The van der Waals surface area contributed by atoms with Gasteiger partial charge in [0.05, 0.1) is 7.11 Å². The lowest BCUT2D eigenvalue weighted by Gasteiger charge is -2.12. The van der Waals surface area contributed by atoms with Gasteiger partial charge < -0.3 is 15.4 Å². The summed E-state index contributed by atoms with van der Waals surface area (Å²) in [6, 6.07) is 3.80. The van der Waals surface area contributed by atoms with Crippen molar-refractivity contribution in [2.75, 3.05) is 32.1 Å². The van der Waals surface area contributed by atoms with Gasteiger partial charge in [-0.05, 0) is 37.6 Å². The highest BCUT2D eigenvalue weighted by molar-refractivity contribution is 5.49. The van der Waals surface area contributed by atoms with Crippen LogP contribution in [-0.4, -0.2) is 31.7 Å². The van der Waals surface area contributed by atoms with Gasteiger partial charge in [-0.3, -0.25) is 0 Å². The Labute approximate surface area is 90.0 Å². The molecule has 0 aliphatic carbocycles. The maximum absolute atomic E-state index is 5.22. The Kier molecular flexibility index (Phi) is 3.40. The topological polar surface area (TPSA) is 46.2 Å². The minimum atomic E-state index is 0.705. The van der Waals surface area contributed by atoms with Crippen molar-refractivity contribution in [3.8, 4) is 5.75 Å². The zero-order chi connectivity index (χ0) is 10.5. The minimum absolute atomic E-state index is 0.705. The first-order valence-electron chi connectivity index (χ1n) is 5.33. The van der Waals surface area contributed by atoms with Gasteiger partial charge in [-0.1, -0.05) is 0 Å². The Bertz CT molecular complexity index is 310. The monoisotopic (exact) mass is 207 g/mol. The maximum Gasteiger partial charge on any atom is 0.168 e. The normalized spacial score (nSPS) is 20.2. The molecule has 2 N–H and O–H groups in total. The van der Waals surface area contributed by atoms with E-state index in [0.717, 1.165) is 31.2 Å². The molecule has 0 bridgehead atoms. The predicted molar refractivity (Wildman–Crippen MR) is 60.3 cm³/mol. The lowest BCUT2D eigenvalue weighted by Crippen LogP contribution is -2.17. The molecule has 1 unspecified atom stereocenters. The highest BCUT2D eigenvalue weighted by Gasteiger charge is 2.14. The third-order valence-corrected chi connectivity index (χ3v) is 2.71. The van der Waals surface area contributed by atoms with Crippen molar-refractivity contribution in [2.24, 2.45) is 5.92 Å². The number of aromatic nitrogens is 1. The Hall–Kier alpha value is -1.29. The van der Waals surface area contributed by atoms with E-state index in [-0.39, 0.29) is 0 Å². The molecule has 1 aliphatic heterocycles. The van der Waals surface area contributed by atoms with Crippen LogP contribution in [-0.2, 0) is 0 Å². The van der Waals surface area contributed by atoms with Crippen LogP contribution in [0.4, 0.5) is 5.82 Å². The third-order valence-electron chi connectivity index (χ3n) is 2.71. The summed E-state index contributed by atoms with van der Waals surface area (Å²) in [6.07, 6.45) is 3.01. The zero-order valence-electron chi connectivity index (χ0n) is 8.99. The predicted octanol–water partition coefficient (Wildman–Crippen LogP) is 1.11. The number of hydrogen-bond donors (Lipinski definition) is 2. The largest absolute Gasteiger partial charge is 0.493 e. The molecule has 1 atom stereocenters. The van der Waals surface area contributed by atoms with Gasteiger partial charge in [0, 0.05) is 12.7 Å². The molecular formula is C11H17N3O. The number of nitrogens with one attached hydrogen (secondary N) is 2. The lowest BCUT2D eigenvalue weighted by atomic mass is 10.1. The molecule has 2 rings (SSSR count). The van der Waals surface area contributed by atoms with Crippen LogP contribution in [0.5, 0.6) is 5.75 Å². The van der Waals surface area contributed by atoms with E-state index >= 15 is 0 Å². The molecule has 1 saturated heterocycles. The van der Waals surface area contributed by atoms with Crippen molar-refractivity contribution < 1.29 is 4.74 Å². The molecular weight excluding hydrogens is 190 g/mol. The molecule has 15 heavy (non-hydrogen) atoms. The van der Waals surface area contributed by atoms with Gasteiger partial charge in [-0.15, -0.1) is 0 Å². The van der Waals surface area contributed by atoms with Crippen LogP contribution in [0.2, 0.25) is 0 Å². The fourth-order valence-electron chi connectivity index (χ4n) is 1.82. The van der Waals surface area contributed by atoms with E-state index in [4.69, 9.17) is 4.74 Å². The van der Waals surface area contributed by atoms with Crippen LogP contribution < -0.4 is 15.4 Å². The van der Waals surface area contributed by atoms with E-state index in [1.54, 1.807) is 13.3 Å². The second kappa shape index (κ2) is 4.98. The van der Waals surface area contributed by atoms with E-state index < -0.39 is 0 Å². The summed E-state index contributed by atoms with van der Waals surface area (Å²) in [5, 5.41) is 6.68.